The number of anilines is 2. The molecule has 6 nitrogen and oxygen atoms in total. The third-order valence-corrected chi connectivity index (χ3v) is 6.32. The molecule has 0 atom stereocenters. The summed E-state index contributed by atoms with van der Waals surface area (Å²) in [6, 6.07) is 13.7. The van der Waals surface area contributed by atoms with E-state index in [-0.39, 0.29) is 10.8 Å². The zero-order valence-corrected chi connectivity index (χ0v) is 15.8. The summed E-state index contributed by atoms with van der Waals surface area (Å²) in [4.78, 5) is 15.0. The number of rotatable bonds is 5. The highest BCUT2D eigenvalue weighted by Gasteiger charge is 2.19. The molecule has 0 unspecified atom stereocenters. The molecule has 1 N–H and O–H groups in total. The van der Waals surface area contributed by atoms with E-state index in [1.807, 2.05) is 24.3 Å². The summed E-state index contributed by atoms with van der Waals surface area (Å²) in [7, 11) is -0.546. The minimum absolute atomic E-state index is 0.163. The van der Waals surface area contributed by atoms with Crippen LogP contribution < -0.4 is 10.2 Å². The number of amides is 1. The maximum absolute atomic E-state index is 12.6. The minimum atomic E-state index is -3.50. The van der Waals surface area contributed by atoms with Gasteiger partial charge in [0.1, 0.15) is 0 Å². The third-order valence-electron chi connectivity index (χ3n) is 4.49. The molecule has 2 aromatic rings. The van der Waals surface area contributed by atoms with Crippen LogP contribution in [0.3, 0.4) is 0 Å². The first-order chi connectivity index (χ1) is 12.4. The molecule has 0 aliphatic carbocycles. The van der Waals surface area contributed by atoms with Crippen molar-refractivity contribution in [2.24, 2.45) is 0 Å². The van der Waals surface area contributed by atoms with Crippen LogP contribution in [0.4, 0.5) is 11.4 Å². The summed E-state index contributed by atoms with van der Waals surface area (Å²) in [6.07, 6.45) is 2.31. The van der Waals surface area contributed by atoms with Crippen molar-refractivity contribution in [2.45, 2.75) is 17.7 Å². The molecule has 0 saturated carbocycles. The Morgan fingerprint density at radius 1 is 1.00 bits per heavy atom. The van der Waals surface area contributed by atoms with Crippen molar-refractivity contribution in [1.82, 2.24) is 4.31 Å². The molecular formula is C19H23N3O3S. The molecule has 3 rings (SSSR count). The molecule has 7 heteroatoms. The van der Waals surface area contributed by atoms with Gasteiger partial charge < -0.3 is 10.2 Å². The van der Waals surface area contributed by atoms with Crippen LogP contribution in [0, 0.1) is 0 Å². The van der Waals surface area contributed by atoms with Crippen LogP contribution in [0.15, 0.2) is 53.4 Å². The average molecular weight is 373 g/mol. The molecule has 0 spiro atoms. The molecular weight excluding hydrogens is 350 g/mol. The second kappa shape index (κ2) is 7.47. The molecule has 1 fully saturated rings. The Labute approximate surface area is 154 Å². The molecule has 1 aliphatic heterocycles. The van der Waals surface area contributed by atoms with Crippen molar-refractivity contribution in [1.29, 1.82) is 0 Å². The molecule has 26 heavy (non-hydrogen) atoms. The van der Waals surface area contributed by atoms with Crippen molar-refractivity contribution >= 4 is 27.3 Å². The van der Waals surface area contributed by atoms with Crippen molar-refractivity contribution in [3.05, 3.63) is 54.1 Å². The Morgan fingerprint density at radius 3 is 2.23 bits per heavy atom. The van der Waals surface area contributed by atoms with Gasteiger partial charge in [-0.15, -0.1) is 0 Å². The number of benzene rings is 2. The van der Waals surface area contributed by atoms with Gasteiger partial charge in [-0.3, -0.25) is 4.79 Å². The zero-order chi connectivity index (χ0) is 18.7. The van der Waals surface area contributed by atoms with Gasteiger partial charge in [0.05, 0.1) is 16.3 Å². The average Bonchev–Trinajstić information content (AvgIpc) is 3.16. The predicted molar refractivity (Wildman–Crippen MR) is 103 cm³/mol. The Morgan fingerprint density at radius 2 is 1.62 bits per heavy atom. The lowest BCUT2D eigenvalue weighted by molar-refractivity contribution is 0.102. The van der Waals surface area contributed by atoms with Gasteiger partial charge in [0.2, 0.25) is 10.0 Å². The highest BCUT2D eigenvalue weighted by molar-refractivity contribution is 7.89. The monoisotopic (exact) mass is 373 g/mol. The fraction of sp³-hybridized carbons (Fsp3) is 0.316. The van der Waals surface area contributed by atoms with Crippen LogP contribution in [0.25, 0.3) is 0 Å². The van der Waals surface area contributed by atoms with E-state index in [2.05, 4.69) is 10.2 Å². The first-order valence-electron chi connectivity index (χ1n) is 8.57. The quantitative estimate of drug-likeness (QED) is 0.875. The summed E-state index contributed by atoms with van der Waals surface area (Å²) in [5, 5.41) is 2.94. The van der Waals surface area contributed by atoms with Gasteiger partial charge in [-0.25, -0.2) is 12.7 Å². The first kappa shape index (κ1) is 18.4. The summed E-state index contributed by atoms with van der Waals surface area (Å²) in [6.45, 7) is 1.98. The van der Waals surface area contributed by atoms with Crippen molar-refractivity contribution in [3.63, 3.8) is 0 Å². The summed E-state index contributed by atoms with van der Waals surface area (Å²) >= 11 is 0. The van der Waals surface area contributed by atoms with Gasteiger partial charge in [-0.1, -0.05) is 12.1 Å². The number of para-hydroxylation sites is 2. The largest absolute Gasteiger partial charge is 0.370 e. The van der Waals surface area contributed by atoms with Gasteiger partial charge in [-0.2, -0.15) is 0 Å². The number of sulfonamides is 1. The Bertz CT molecular complexity index is 887. The Balaban J connectivity index is 1.79. The van der Waals surface area contributed by atoms with Crippen LogP contribution in [-0.2, 0) is 10.0 Å². The summed E-state index contributed by atoms with van der Waals surface area (Å²) in [5.74, 6) is -0.259. The third kappa shape index (κ3) is 3.73. The number of hydrogen-bond acceptors (Lipinski definition) is 4. The van der Waals surface area contributed by atoms with Crippen LogP contribution in [-0.4, -0.2) is 45.8 Å². The Hall–Kier alpha value is -2.38. The van der Waals surface area contributed by atoms with Gasteiger partial charge in [0, 0.05) is 32.7 Å². The van der Waals surface area contributed by atoms with Crippen molar-refractivity contribution < 1.29 is 13.2 Å². The van der Waals surface area contributed by atoms with E-state index in [4.69, 9.17) is 0 Å². The van der Waals surface area contributed by atoms with Gasteiger partial charge in [-0.05, 0) is 49.2 Å². The number of hydrogen-bond donors (Lipinski definition) is 1. The van der Waals surface area contributed by atoms with Crippen LogP contribution in [0.1, 0.15) is 23.2 Å². The second-order valence-electron chi connectivity index (χ2n) is 6.48. The van der Waals surface area contributed by atoms with Gasteiger partial charge in [0.25, 0.3) is 5.91 Å². The van der Waals surface area contributed by atoms with Crippen LogP contribution in [0.2, 0.25) is 0 Å². The maximum Gasteiger partial charge on any atom is 0.255 e. The van der Waals surface area contributed by atoms with E-state index >= 15 is 0 Å². The van der Waals surface area contributed by atoms with E-state index in [1.54, 1.807) is 0 Å². The second-order valence-corrected chi connectivity index (χ2v) is 8.63. The van der Waals surface area contributed by atoms with E-state index in [0.29, 0.717) is 5.56 Å². The molecule has 1 saturated heterocycles. The summed E-state index contributed by atoms with van der Waals surface area (Å²) in [5.41, 5.74) is 2.20. The summed E-state index contributed by atoms with van der Waals surface area (Å²) < 4.78 is 25.4. The molecule has 138 valence electrons. The molecule has 0 aromatic heterocycles. The van der Waals surface area contributed by atoms with Crippen LogP contribution >= 0.6 is 0 Å². The van der Waals surface area contributed by atoms with E-state index in [9.17, 15) is 13.2 Å². The number of carbonyl (C=O) groups excluding carboxylic acids is 1. The lowest BCUT2D eigenvalue weighted by Gasteiger charge is -2.21. The SMILES string of the molecule is CN(C)S(=O)(=O)c1ccc(C(=O)Nc2ccccc2N2CCCC2)cc1. The molecule has 1 aliphatic rings. The fourth-order valence-corrected chi connectivity index (χ4v) is 3.90. The predicted octanol–water partition coefficient (Wildman–Crippen LogP) is 2.79. The fourth-order valence-electron chi connectivity index (χ4n) is 3.00. The molecule has 1 amide bonds. The smallest absolute Gasteiger partial charge is 0.255 e. The lowest BCUT2D eigenvalue weighted by atomic mass is 10.2. The van der Waals surface area contributed by atoms with Crippen molar-refractivity contribution in [3.8, 4) is 0 Å². The highest BCUT2D eigenvalue weighted by Crippen LogP contribution is 2.29. The molecule has 2 aromatic carbocycles. The van der Waals surface area contributed by atoms with E-state index in [1.165, 1.54) is 38.4 Å². The topological polar surface area (TPSA) is 69.7 Å². The molecule has 0 radical (unpaired) electrons. The zero-order valence-electron chi connectivity index (χ0n) is 15.0. The maximum atomic E-state index is 12.6. The van der Waals surface area contributed by atoms with Crippen molar-refractivity contribution in [2.75, 3.05) is 37.4 Å². The first-order valence-corrected chi connectivity index (χ1v) is 10.0. The van der Waals surface area contributed by atoms with Gasteiger partial charge >= 0.3 is 0 Å². The van der Waals surface area contributed by atoms with E-state index in [0.717, 1.165) is 41.6 Å². The number of nitrogens with one attached hydrogen (secondary N) is 1. The van der Waals surface area contributed by atoms with E-state index < -0.39 is 10.0 Å². The lowest BCUT2D eigenvalue weighted by Crippen LogP contribution is -2.22. The van der Waals surface area contributed by atoms with Crippen LogP contribution in [0.5, 0.6) is 0 Å². The Kier molecular flexibility index (Phi) is 5.29. The minimum Gasteiger partial charge on any atom is -0.370 e. The standard InChI is InChI=1S/C19H23N3O3S/c1-21(2)26(24,25)16-11-9-15(10-12-16)19(23)20-17-7-3-4-8-18(17)22-13-5-6-14-22/h3-4,7-12H,5-6,13-14H2,1-2H3,(H,20,23). The number of carbonyl (C=O) groups is 1. The number of nitrogens with zero attached hydrogens (tertiary/aromatic N) is 2. The highest BCUT2D eigenvalue weighted by atomic mass is 32.2. The molecule has 1 heterocycles. The molecule has 0 bridgehead atoms. The normalized spacial score (nSPS) is 14.7. The van der Waals surface area contributed by atoms with Gasteiger partial charge in [0.15, 0.2) is 0 Å².